The molecule has 0 spiro atoms. The van der Waals surface area contributed by atoms with E-state index in [0.29, 0.717) is 37.8 Å². The predicted octanol–water partition coefficient (Wildman–Crippen LogP) is 7.58. The number of imide groups is 2. The summed E-state index contributed by atoms with van der Waals surface area (Å²) in [5, 5.41) is 0. The molecule has 2 unspecified atom stereocenters. The number of hydrogen-bond acceptors (Lipinski definition) is 7. The van der Waals surface area contributed by atoms with Crippen molar-refractivity contribution in [1.82, 2.24) is 14.7 Å². The van der Waals surface area contributed by atoms with Crippen molar-refractivity contribution in [1.29, 1.82) is 0 Å². The molecule has 0 aliphatic carbocycles. The number of allylic oxidation sites excluding steroid dienone is 1. The maximum Gasteiger partial charge on any atom is 0.254 e. The van der Waals surface area contributed by atoms with Gasteiger partial charge in [0.1, 0.15) is 11.8 Å². The van der Waals surface area contributed by atoms with Crippen molar-refractivity contribution in [2.75, 3.05) is 26.7 Å². The van der Waals surface area contributed by atoms with Crippen LogP contribution < -0.4 is 0 Å². The van der Waals surface area contributed by atoms with E-state index in [-0.39, 0.29) is 17.7 Å². The van der Waals surface area contributed by atoms with Gasteiger partial charge < -0.3 is 9.79 Å². The molecule has 0 aromatic heterocycles. The first-order chi connectivity index (χ1) is 23.7. The number of carbonyl (C=O) groups is 5. The van der Waals surface area contributed by atoms with Crippen LogP contribution in [0.3, 0.4) is 0 Å². The Morgan fingerprint density at radius 2 is 1.24 bits per heavy atom. The second kappa shape index (κ2) is 24.8. The minimum absolute atomic E-state index is 0.159. The van der Waals surface area contributed by atoms with Crippen LogP contribution in [0.15, 0.2) is 36.6 Å². The van der Waals surface area contributed by atoms with E-state index in [9.17, 15) is 24.0 Å². The van der Waals surface area contributed by atoms with Crippen LogP contribution >= 0.6 is 0 Å². The van der Waals surface area contributed by atoms with Crippen molar-refractivity contribution >= 4 is 29.5 Å². The highest BCUT2D eigenvalue weighted by atomic mass is 17.2. The number of carbonyl (C=O) groups excluding carboxylic acids is 5. The fourth-order valence-electron chi connectivity index (χ4n) is 6.42. The molecule has 2 rings (SSSR count). The minimum Gasteiger partial charge on any atom is -0.344 e. The second-order valence-electron chi connectivity index (χ2n) is 13.6. The van der Waals surface area contributed by atoms with E-state index in [1.54, 1.807) is 11.9 Å². The van der Waals surface area contributed by atoms with Crippen LogP contribution in [-0.2, 0) is 33.7 Å². The average molecular weight is 686 g/mol. The van der Waals surface area contributed by atoms with Crippen LogP contribution in [0, 0.1) is 5.92 Å². The molecule has 49 heavy (non-hydrogen) atoms. The molecule has 0 fully saturated rings. The Hall–Kier alpha value is -3.27. The summed E-state index contributed by atoms with van der Waals surface area (Å²) in [6, 6.07) is -0.748. The fourth-order valence-corrected chi connectivity index (χ4v) is 6.42. The van der Waals surface area contributed by atoms with Crippen LogP contribution in [0.25, 0.3) is 0 Å². The van der Waals surface area contributed by atoms with Gasteiger partial charge in [-0.25, -0.2) is 0 Å². The predicted molar refractivity (Wildman–Crippen MR) is 192 cm³/mol. The lowest BCUT2D eigenvalue weighted by Gasteiger charge is -2.31. The van der Waals surface area contributed by atoms with E-state index in [1.807, 2.05) is 0 Å². The molecule has 276 valence electrons. The van der Waals surface area contributed by atoms with Crippen LogP contribution in [0.2, 0.25) is 0 Å². The molecule has 2 aliphatic heterocycles. The van der Waals surface area contributed by atoms with Gasteiger partial charge in [-0.2, -0.15) is 4.89 Å². The Bertz CT molecular complexity index is 1080. The topological polar surface area (TPSA) is 114 Å². The Kier molecular flexibility index (Phi) is 21.2. The summed E-state index contributed by atoms with van der Waals surface area (Å²) in [4.78, 5) is 76.6. The molecule has 0 saturated carbocycles. The van der Waals surface area contributed by atoms with Gasteiger partial charge in [-0.05, 0) is 38.0 Å². The van der Waals surface area contributed by atoms with Gasteiger partial charge in [-0.15, -0.1) is 0 Å². The maximum atomic E-state index is 13.6. The van der Waals surface area contributed by atoms with Gasteiger partial charge in [0, 0.05) is 50.9 Å². The van der Waals surface area contributed by atoms with Crippen LogP contribution in [0.1, 0.15) is 142 Å². The molecule has 5 amide bonds. The van der Waals surface area contributed by atoms with Gasteiger partial charge in [0.2, 0.25) is 5.91 Å². The summed E-state index contributed by atoms with van der Waals surface area (Å²) in [6.07, 6.45) is 25.1. The van der Waals surface area contributed by atoms with Gasteiger partial charge in [0.05, 0.1) is 6.61 Å². The summed E-state index contributed by atoms with van der Waals surface area (Å²) < 4.78 is 0. The summed E-state index contributed by atoms with van der Waals surface area (Å²) >= 11 is 0. The lowest BCUT2D eigenvalue weighted by atomic mass is 9.98. The number of nitrogens with zero attached hydrogens (tertiary/aromatic N) is 3. The van der Waals surface area contributed by atoms with Crippen LogP contribution in [0.4, 0.5) is 0 Å². The Labute approximate surface area is 295 Å². The number of hydrogen-bond donors (Lipinski definition) is 0. The summed E-state index contributed by atoms with van der Waals surface area (Å²) in [5.41, 5.74) is 0. The van der Waals surface area contributed by atoms with Gasteiger partial charge in [-0.1, -0.05) is 110 Å². The van der Waals surface area contributed by atoms with E-state index in [4.69, 9.17) is 9.78 Å². The van der Waals surface area contributed by atoms with Crippen LogP contribution in [-0.4, -0.2) is 77.0 Å². The maximum absolute atomic E-state index is 13.6. The molecule has 2 heterocycles. The van der Waals surface area contributed by atoms with Gasteiger partial charge in [-0.3, -0.25) is 33.8 Å². The zero-order chi connectivity index (χ0) is 35.9. The first-order valence-corrected chi connectivity index (χ1v) is 19.0. The number of likely N-dealkylation sites (N-methyl/N-ethyl adjacent to an activating group) is 1. The van der Waals surface area contributed by atoms with E-state index in [1.165, 1.54) is 54.9 Å². The van der Waals surface area contributed by atoms with Gasteiger partial charge >= 0.3 is 0 Å². The number of rotatable bonds is 30. The average Bonchev–Trinajstić information content (AvgIpc) is 3.59. The molecule has 10 nitrogen and oxygen atoms in total. The van der Waals surface area contributed by atoms with E-state index in [0.717, 1.165) is 101 Å². The summed E-state index contributed by atoms with van der Waals surface area (Å²) in [5.74, 6) is -0.416. The van der Waals surface area contributed by atoms with Crippen LogP contribution in [0.5, 0.6) is 0 Å². The van der Waals surface area contributed by atoms with E-state index in [2.05, 4.69) is 20.4 Å². The van der Waals surface area contributed by atoms with Gasteiger partial charge in [0.25, 0.3) is 23.6 Å². The molecule has 2 aliphatic rings. The summed E-state index contributed by atoms with van der Waals surface area (Å²) in [7, 11) is 1.78. The molecule has 0 radical (unpaired) electrons. The Morgan fingerprint density at radius 3 is 1.86 bits per heavy atom. The van der Waals surface area contributed by atoms with Crippen molar-refractivity contribution in [2.24, 2.45) is 5.92 Å². The molecule has 0 bridgehead atoms. The minimum atomic E-state index is -0.748. The van der Waals surface area contributed by atoms with Crippen molar-refractivity contribution in [3.8, 4) is 0 Å². The number of unbranched alkanes of at least 4 members (excludes halogenated alkanes) is 13. The lowest BCUT2D eigenvalue weighted by molar-refractivity contribution is -0.264. The first kappa shape index (κ1) is 41.9. The second-order valence-corrected chi connectivity index (χ2v) is 13.6. The lowest BCUT2D eigenvalue weighted by Crippen LogP contribution is -2.50. The molecular weight excluding hydrogens is 622 g/mol. The SMILES string of the molecule is C=C(CCCCCCCCCN1C(=O)C=CC1=O)OOCCCCC(CC)CN(C)C(=O)C(CCCCCCCCC)N1C(=O)C=CC1=O. The molecule has 10 heteroatoms. The molecular formula is C39H63N3O7. The van der Waals surface area contributed by atoms with Crippen molar-refractivity contribution in [3.05, 3.63) is 36.6 Å². The van der Waals surface area contributed by atoms with E-state index < -0.39 is 17.9 Å². The monoisotopic (exact) mass is 685 g/mol. The summed E-state index contributed by atoms with van der Waals surface area (Å²) in [6.45, 7) is 9.84. The third-order valence-corrected chi connectivity index (χ3v) is 9.51. The Balaban J connectivity index is 1.55. The highest BCUT2D eigenvalue weighted by Gasteiger charge is 2.37. The van der Waals surface area contributed by atoms with Crippen molar-refractivity contribution < 1.29 is 33.7 Å². The zero-order valence-electron chi connectivity index (χ0n) is 30.6. The normalized spacial score (nSPS) is 15.5. The molecule has 0 N–H and O–H groups in total. The zero-order valence-corrected chi connectivity index (χ0v) is 30.6. The highest BCUT2D eigenvalue weighted by molar-refractivity contribution is 6.15. The third-order valence-electron chi connectivity index (χ3n) is 9.51. The standard InChI is InChI=1S/C39H63N3O7/c1-5-7-8-9-11-15-18-24-34(42-37(45)27-28-38(42)46)39(47)40(4)31-33(6-2)23-19-21-30-48-49-32(3)22-17-14-12-10-13-16-20-29-41-35(43)25-26-36(41)44/h25-28,33-34H,3,5-24,29-31H2,1-2,4H3. The Morgan fingerprint density at radius 1 is 0.714 bits per heavy atom. The fraction of sp³-hybridized carbons (Fsp3) is 0.718. The first-order valence-electron chi connectivity index (χ1n) is 19.0. The quantitative estimate of drug-likeness (QED) is 0.0252. The smallest absolute Gasteiger partial charge is 0.254 e. The molecule has 0 aromatic carbocycles. The van der Waals surface area contributed by atoms with Gasteiger partial charge in [0.15, 0.2) is 0 Å². The highest BCUT2D eigenvalue weighted by Crippen LogP contribution is 2.21. The molecule has 2 atom stereocenters. The largest absolute Gasteiger partial charge is 0.344 e. The molecule has 0 saturated heterocycles. The third kappa shape index (κ3) is 16.3. The molecule has 0 aromatic rings. The van der Waals surface area contributed by atoms with E-state index >= 15 is 0 Å². The number of amides is 5. The van der Waals surface area contributed by atoms with Crippen molar-refractivity contribution in [2.45, 2.75) is 148 Å². The van der Waals surface area contributed by atoms with Crippen molar-refractivity contribution in [3.63, 3.8) is 0 Å².